The van der Waals surface area contributed by atoms with Crippen molar-refractivity contribution in [3.05, 3.63) is 64.0 Å². The molecule has 0 fully saturated rings. The minimum absolute atomic E-state index is 0.262. The lowest BCUT2D eigenvalue weighted by Gasteiger charge is -2.17. The third-order valence-corrected chi connectivity index (χ3v) is 6.13. The summed E-state index contributed by atoms with van der Waals surface area (Å²) in [6, 6.07) is 8.51. The van der Waals surface area contributed by atoms with E-state index in [0.717, 1.165) is 6.54 Å². The molecule has 27 heavy (non-hydrogen) atoms. The first kappa shape index (κ1) is 19.6. The minimum Gasteiger partial charge on any atom is -0.352 e. The van der Waals surface area contributed by atoms with Crippen LogP contribution in [0, 0.1) is 34.6 Å². The average Bonchev–Trinajstić information content (AvgIpc) is 3.03. The van der Waals surface area contributed by atoms with Crippen LogP contribution in [0.5, 0.6) is 0 Å². The minimum atomic E-state index is -0.262. The highest BCUT2D eigenvalue weighted by Crippen LogP contribution is 2.26. The summed E-state index contributed by atoms with van der Waals surface area (Å²) in [4.78, 5) is 0. The molecule has 3 aromatic rings. The summed E-state index contributed by atoms with van der Waals surface area (Å²) in [5.74, 6) is 0. The van der Waals surface area contributed by atoms with E-state index in [1.54, 1.807) is 14.2 Å². The van der Waals surface area contributed by atoms with Crippen molar-refractivity contribution in [1.29, 1.82) is 0 Å². The van der Waals surface area contributed by atoms with Crippen LogP contribution in [0.4, 0.5) is 0 Å². The zero-order valence-corrected chi connectivity index (χ0v) is 17.6. The highest BCUT2D eigenvalue weighted by molar-refractivity contribution is 5.71. The number of imidazole rings is 1. The van der Waals surface area contributed by atoms with Gasteiger partial charge in [-0.05, 0) is 80.1 Å². The van der Waals surface area contributed by atoms with Crippen LogP contribution in [0.25, 0.3) is 11.0 Å². The van der Waals surface area contributed by atoms with Gasteiger partial charge in [0, 0.05) is 14.2 Å². The third kappa shape index (κ3) is 3.52. The Balaban J connectivity index is 2.09. The summed E-state index contributed by atoms with van der Waals surface area (Å²) in [5, 5.41) is 0. The molecule has 0 unspecified atom stereocenters. The largest absolute Gasteiger partial charge is 0.352 e. The van der Waals surface area contributed by atoms with Gasteiger partial charge in [0.15, 0.2) is 17.3 Å². The van der Waals surface area contributed by atoms with Crippen LogP contribution < -0.4 is 4.57 Å². The molecule has 144 valence electrons. The van der Waals surface area contributed by atoms with Gasteiger partial charge in [0.25, 0.3) is 0 Å². The van der Waals surface area contributed by atoms with Crippen LogP contribution in [0.1, 0.15) is 33.4 Å². The molecule has 1 aromatic heterocycles. The molecule has 1 heterocycles. The molecule has 0 aliphatic rings. The smallest absolute Gasteiger partial charge is 0.245 e. The zero-order chi connectivity index (χ0) is 19.7. The van der Waals surface area contributed by atoms with Crippen LogP contribution >= 0.6 is 0 Å². The van der Waals surface area contributed by atoms with Gasteiger partial charge in [-0.2, -0.15) is 0 Å². The topological polar surface area (TPSA) is 27.3 Å². The lowest BCUT2D eigenvalue weighted by atomic mass is 9.89. The fourth-order valence-corrected chi connectivity index (χ4v) is 3.91. The van der Waals surface area contributed by atoms with E-state index in [2.05, 4.69) is 74.3 Å². The molecule has 0 amide bonds. The van der Waals surface area contributed by atoms with E-state index in [4.69, 9.17) is 9.47 Å². The van der Waals surface area contributed by atoms with Crippen LogP contribution in [-0.4, -0.2) is 25.1 Å². The summed E-state index contributed by atoms with van der Waals surface area (Å²) in [5.41, 5.74) is 10.8. The predicted molar refractivity (Wildman–Crippen MR) is 109 cm³/mol. The van der Waals surface area contributed by atoms with E-state index in [1.807, 2.05) is 0 Å². The number of benzene rings is 2. The number of fused-ring (bicyclic) bond motifs is 1. The SMILES string of the molecule is COC(Cn1c[n+](Cc2c(C)c(C)c(C)c(C)c2C)c2ccccc21)OC. The maximum absolute atomic E-state index is 5.41. The highest BCUT2D eigenvalue weighted by Gasteiger charge is 2.21. The Kier molecular flexibility index (Phi) is 5.68. The van der Waals surface area contributed by atoms with Gasteiger partial charge in [-0.15, -0.1) is 0 Å². The molecule has 0 radical (unpaired) electrons. The van der Waals surface area contributed by atoms with Crippen molar-refractivity contribution in [1.82, 2.24) is 4.57 Å². The first-order valence-electron chi connectivity index (χ1n) is 9.47. The number of rotatable bonds is 6. The van der Waals surface area contributed by atoms with Crippen LogP contribution in [0.3, 0.4) is 0 Å². The van der Waals surface area contributed by atoms with Gasteiger partial charge >= 0.3 is 0 Å². The predicted octanol–water partition coefficient (Wildman–Crippen LogP) is 4.14. The maximum atomic E-state index is 5.41. The molecular formula is C23H31N2O2+. The van der Waals surface area contributed by atoms with Crippen LogP contribution in [0.2, 0.25) is 0 Å². The van der Waals surface area contributed by atoms with Crippen molar-refractivity contribution in [2.75, 3.05) is 14.2 Å². The van der Waals surface area contributed by atoms with Crippen molar-refractivity contribution in [2.45, 2.75) is 54.0 Å². The highest BCUT2D eigenvalue weighted by atomic mass is 16.7. The quantitative estimate of drug-likeness (QED) is 0.484. The molecule has 0 saturated heterocycles. The fraction of sp³-hybridized carbons (Fsp3) is 0.435. The number of hydrogen-bond donors (Lipinski definition) is 0. The van der Waals surface area contributed by atoms with E-state index in [1.165, 1.54) is 44.4 Å². The van der Waals surface area contributed by atoms with Gasteiger partial charge in [-0.1, -0.05) is 12.1 Å². The van der Waals surface area contributed by atoms with Crippen LogP contribution in [-0.2, 0) is 22.6 Å². The molecule has 3 rings (SSSR count). The molecule has 0 atom stereocenters. The number of para-hydroxylation sites is 2. The molecular weight excluding hydrogens is 336 g/mol. The summed E-state index contributed by atoms with van der Waals surface area (Å²) in [6.45, 7) is 12.7. The van der Waals surface area contributed by atoms with Crippen molar-refractivity contribution in [2.24, 2.45) is 0 Å². The van der Waals surface area contributed by atoms with Gasteiger partial charge < -0.3 is 9.47 Å². The van der Waals surface area contributed by atoms with Crippen molar-refractivity contribution in [3.63, 3.8) is 0 Å². The zero-order valence-electron chi connectivity index (χ0n) is 17.6. The lowest BCUT2D eigenvalue weighted by Crippen LogP contribution is -2.34. The Morgan fingerprint density at radius 3 is 2.00 bits per heavy atom. The fourth-order valence-electron chi connectivity index (χ4n) is 3.91. The van der Waals surface area contributed by atoms with E-state index < -0.39 is 0 Å². The summed E-state index contributed by atoms with van der Waals surface area (Å²) >= 11 is 0. The molecule has 0 aliphatic heterocycles. The van der Waals surface area contributed by atoms with Gasteiger partial charge in [0.1, 0.15) is 13.1 Å². The monoisotopic (exact) mass is 367 g/mol. The number of nitrogens with zero attached hydrogens (tertiary/aromatic N) is 2. The van der Waals surface area contributed by atoms with Crippen molar-refractivity contribution < 1.29 is 14.0 Å². The average molecular weight is 368 g/mol. The van der Waals surface area contributed by atoms with E-state index in [0.29, 0.717) is 6.54 Å². The summed E-state index contributed by atoms with van der Waals surface area (Å²) < 4.78 is 15.4. The molecule has 4 nitrogen and oxygen atoms in total. The van der Waals surface area contributed by atoms with Gasteiger partial charge in [-0.3, -0.25) is 0 Å². The van der Waals surface area contributed by atoms with Gasteiger partial charge in [0.2, 0.25) is 6.33 Å². The second-order valence-corrected chi connectivity index (χ2v) is 7.39. The number of aromatic nitrogens is 2. The van der Waals surface area contributed by atoms with Gasteiger partial charge in [-0.25, -0.2) is 9.13 Å². The summed E-state index contributed by atoms with van der Waals surface area (Å²) in [7, 11) is 3.36. The lowest BCUT2D eigenvalue weighted by molar-refractivity contribution is -0.663. The second-order valence-electron chi connectivity index (χ2n) is 7.39. The Labute approximate surface area is 162 Å². The molecule has 0 N–H and O–H groups in total. The molecule has 0 saturated carbocycles. The first-order valence-corrected chi connectivity index (χ1v) is 9.47. The Morgan fingerprint density at radius 1 is 0.852 bits per heavy atom. The Hall–Kier alpha value is -2.17. The van der Waals surface area contributed by atoms with E-state index >= 15 is 0 Å². The first-order chi connectivity index (χ1) is 12.9. The second kappa shape index (κ2) is 7.83. The molecule has 4 heteroatoms. The molecule has 0 aliphatic carbocycles. The van der Waals surface area contributed by atoms with Crippen molar-refractivity contribution >= 4 is 11.0 Å². The molecule has 2 aromatic carbocycles. The molecule has 0 spiro atoms. The van der Waals surface area contributed by atoms with E-state index in [-0.39, 0.29) is 6.29 Å². The van der Waals surface area contributed by atoms with Gasteiger partial charge in [0.05, 0.1) is 0 Å². The number of hydrogen-bond acceptors (Lipinski definition) is 2. The number of methoxy groups -OCH3 is 2. The molecule has 0 bridgehead atoms. The number of ether oxygens (including phenoxy) is 2. The summed E-state index contributed by atoms with van der Waals surface area (Å²) in [6.07, 6.45) is 1.92. The Bertz CT molecular complexity index is 939. The van der Waals surface area contributed by atoms with Crippen LogP contribution in [0.15, 0.2) is 30.6 Å². The standard InChI is InChI=1S/C23H31N2O2/c1-15-16(2)18(4)20(19(5)17(15)3)12-24-14-25(13-23(26-6)27-7)22-11-9-8-10-21(22)24/h8-11,14,23H,12-13H2,1-7H3/q+1. The normalized spacial score (nSPS) is 11.7. The Morgan fingerprint density at radius 2 is 1.41 bits per heavy atom. The van der Waals surface area contributed by atoms with E-state index in [9.17, 15) is 0 Å². The maximum Gasteiger partial charge on any atom is 0.245 e. The third-order valence-electron chi connectivity index (χ3n) is 6.13. The van der Waals surface area contributed by atoms with Crippen molar-refractivity contribution in [3.8, 4) is 0 Å².